The molecule has 3 heterocycles. The van der Waals surface area contributed by atoms with E-state index in [-0.39, 0.29) is 0 Å². The zero-order chi connectivity index (χ0) is 15.1. The molecule has 4 rings (SSSR count). The predicted octanol–water partition coefficient (Wildman–Crippen LogP) is 3.22. The smallest absolute Gasteiger partial charge is 0.0858 e. The Morgan fingerprint density at radius 3 is 2.82 bits per heavy atom. The van der Waals surface area contributed by atoms with Gasteiger partial charge in [0.2, 0.25) is 0 Å². The largest absolute Gasteiger partial charge is 0.296 e. The molecule has 0 N–H and O–H groups in total. The number of aromatic nitrogens is 3. The fourth-order valence-electron chi connectivity index (χ4n) is 3.18. The number of likely N-dealkylation sites (tertiary alicyclic amines) is 1. The fraction of sp³-hybridized carbons (Fsp3) is 0.294. The van der Waals surface area contributed by atoms with E-state index in [1.54, 1.807) is 0 Å². The quantitative estimate of drug-likeness (QED) is 0.744. The summed E-state index contributed by atoms with van der Waals surface area (Å²) in [6, 6.07) is 12.1. The van der Waals surface area contributed by atoms with Crippen LogP contribution in [0.5, 0.6) is 0 Å². The number of pyridine rings is 1. The van der Waals surface area contributed by atoms with Crippen molar-refractivity contribution in [2.24, 2.45) is 7.05 Å². The molecule has 1 saturated heterocycles. The number of rotatable bonds is 3. The van der Waals surface area contributed by atoms with Gasteiger partial charge in [-0.05, 0) is 24.3 Å². The number of hydrogen-bond acceptors (Lipinski definition) is 3. The second kappa shape index (κ2) is 5.38. The average molecular weight is 313 g/mol. The van der Waals surface area contributed by atoms with Gasteiger partial charge in [-0.2, -0.15) is 5.10 Å². The summed E-state index contributed by atoms with van der Waals surface area (Å²) < 4.78 is 1.91. The molecule has 1 aliphatic heterocycles. The van der Waals surface area contributed by atoms with Crippen molar-refractivity contribution in [2.75, 3.05) is 13.1 Å². The summed E-state index contributed by atoms with van der Waals surface area (Å²) in [6.07, 6.45) is 1.87. The summed E-state index contributed by atoms with van der Waals surface area (Å²) in [5.74, 6) is 0.534. The predicted molar refractivity (Wildman–Crippen MR) is 88.0 cm³/mol. The van der Waals surface area contributed by atoms with Gasteiger partial charge >= 0.3 is 0 Å². The van der Waals surface area contributed by atoms with Crippen LogP contribution in [0.1, 0.15) is 17.3 Å². The lowest BCUT2D eigenvalue weighted by Gasteiger charge is -2.38. The molecule has 0 bridgehead atoms. The van der Waals surface area contributed by atoms with E-state index in [9.17, 15) is 0 Å². The SMILES string of the molecule is Cn1nc(CN2CC(c3ccccn3)C2)c2c(Cl)cccc21. The summed E-state index contributed by atoms with van der Waals surface area (Å²) in [7, 11) is 1.97. The summed E-state index contributed by atoms with van der Waals surface area (Å²) in [5.41, 5.74) is 3.33. The highest BCUT2D eigenvalue weighted by Gasteiger charge is 2.30. The van der Waals surface area contributed by atoms with Crippen molar-refractivity contribution in [3.05, 3.63) is 59.0 Å². The first-order valence-corrected chi connectivity index (χ1v) is 7.83. The van der Waals surface area contributed by atoms with Crippen LogP contribution in [0.4, 0.5) is 0 Å². The first-order valence-electron chi connectivity index (χ1n) is 7.46. The third-order valence-corrected chi connectivity index (χ3v) is 4.65. The molecule has 4 nitrogen and oxygen atoms in total. The van der Waals surface area contributed by atoms with Crippen LogP contribution in [-0.4, -0.2) is 32.8 Å². The maximum atomic E-state index is 6.36. The molecule has 22 heavy (non-hydrogen) atoms. The zero-order valence-electron chi connectivity index (χ0n) is 12.4. The van der Waals surface area contributed by atoms with Crippen molar-refractivity contribution in [2.45, 2.75) is 12.5 Å². The van der Waals surface area contributed by atoms with E-state index in [1.807, 2.05) is 36.1 Å². The van der Waals surface area contributed by atoms with Gasteiger partial charge in [0.1, 0.15) is 0 Å². The van der Waals surface area contributed by atoms with E-state index >= 15 is 0 Å². The monoisotopic (exact) mass is 312 g/mol. The summed E-state index contributed by atoms with van der Waals surface area (Å²) in [6.45, 7) is 2.89. The molecule has 1 aromatic carbocycles. The van der Waals surface area contributed by atoms with Gasteiger partial charge in [-0.25, -0.2) is 0 Å². The van der Waals surface area contributed by atoms with Crippen LogP contribution in [0, 0.1) is 0 Å². The first-order chi connectivity index (χ1) is 10.7. The first kappa shape index (κ1) is 13.7. The molecular weight excluding hydrogens is 296 g/mol. The van der Waals surface area contributed by atoms with Crippen LogP contribution in [0.15, 0.2) is 42.6 Å². The molecule has 112 valence electrons. The third-order valence-electron chi connectivity index (χ3n) is 4.34. The minimum Gasteiger partial charge on any atom is -0.296 e. The van der Waals surface area contributed by atoms with E-state index in [2.05, 4.69) is 33.2 Å². The van der Waals surface area contributed by atoms with Crippen LogP contribution in [-0.2, 0) is 13.6 Å². The fourth-order valence-corrected chi connectivity index (χ4v) is 3.46. The Morgan fingerprint density at radius 1 is 1.18 bits per heavy atom. The van der Waals surface area contributed by atoms with Gasteiger partial charge < -0.3 is 0 Å². The highest BCUT2D eigenvalue weighted by atomic mass is 35.5. The molecule has 3 aromatic rings. The van der Waals surface area contributed by atoms with Crippen molar-refractivity contribution in [1.82, 2.24) is 19.7 Å². The Hall–Kier alpha value is -1.91. The number of hydrogen-bond donors (Lipinski definition) is 0. The summed E-state index contributed by atoms with van der Waals surface area (Å²) >= 11 is 6.36. The second-order valence-electron chi connectivity index (χ2n) is 5.85. The maximum Gasteiger partial charge on any atom is 0.0858 e. The molecule has 0 radical (unpaired) electrons. The van der Waals surface area contributed by atoms with Crippen molar-refractivity contribution in [3.8, 4) is 0 Å². The number of nitrogens with zero attached hydrogens (tertiary/aromatic N) is 4. The highest BCUT2D eigenvalue weighted by Crippen LogP contribution is 2.31. The lowest BCUT2D eigenvalue weighted by molar-refractivity contribution is 0.136. The van der Waals surface area contributed by atoms with E-state index in [1.165, 1.54) is 5.69 Å². The standard InChI is InChI=1S/C17H17ClN4/c1-21-16-7-4-5-13(18)17(16)15(20-21)11-22-9-12(10-22)14-6-2-3-8-19-14/h2-8,12H,9-11H2,1H3. The second-order valence-corrected chi connectivity index (χ2v) is 6.26. The van der Waals surface area contributed by atoms with E-state index < -0.39 is 0 Å². The Morgan fingerprint density at radius 2 is 2.05 bits per heavy atom. The molecule has 0 atom stereocenters. The average Bonchev–Trinajstić information content (AvgIpc) is 2.81. The molecule has 2 aromatic heterocycles. The zero-order valence-corrected chi connectivity index (χ0v) is 13.2. The van der Waals surface area contributed by atoms with Crippen molar-refractivity contribution in [3.63, 3.8) is 0 Å². The number of fused-ring (bicyclic) bond motifs is 1. The number of halogens is 1. The topological polar surface area (TPSA) is 34.0 Å². The Kier molecular flexibility index (Phi) is 3.36. The van der Waals surface area contributed by atoms with Gasteiger partial charge in [0.15, 0.2) is 0 Å². The van der Waals surface area contributed by atoms with Crippen LogP contribution < -0.4 is 0 Å². The molecular formula is C17H17ClN4. The van der Waals surface area contributed by atoms with Gasteiger partial charge in [0.05, 0.1) is 16.2 Å². The lowest BCUT2D eigenvalue weighted by atomic mass is 9.95. The lowest BCUT2D eigenvalue weighted by Crippen LogP contribution is -2.44. The van der Waals surface area contributed by atoms with Crippen molar-refractivity contribution >= 4 is 22.5 Å². The van der Waals surface area contributed by atoms with Crippen molar-refractivity contribution < 1.29 is 0 Å². The minimum atomic E-state index is 0.534. The van der Waals surface area contributed by atoms with Crippen molar-refractivity contribution in [1.29, 1.82) is 0 Å². The molecule has 0 saturated carbocycles. The molecule has 0 spiro atoms. The molecule has 0 unspecified atom stereocenters. The van der Waals surface area contributed by atoms with Gasteiger partial charge in [0, 0.05) is 49.9 Å². The van der Waals surface area contributed by atoms with Gasteiger partial charge in [-0.1, -0.05) is 23.7 Å². The number of aryl methyl sites for hydroxylation is 1. The van der Waals surface area contributed by atoms with Gasteiger partial charge in [-0.3, -0.25) is 14.6 Å². The van der Waals surface area contributed by atoms with Gasteiger partial charge in [-0.15, -0.1) is 0 Å². The van der Waals surface area contributed by atoms with Crippen LogP contribution in [0.25, 0.3) is 10.9 Å². The molecule has 5 heteroatoms. The Labute approximate surface area is 134 Å². The third kappa shape index (κ3) is 2.28. The molecule has 0 aliphatic carbocycles. The Balaban J connectivity index is 1.52. The van der Waals surface area contributed by atoms with E-state index in [0.717, 1.165) is 41.3 Å². The summed E-state index contributed by atoms with van der Waals surface area (Å²) in [4.78, 5) is 6.84. The molecule has 1 fully saturated rings. The normalized spacial score (nSPS) is 16.1. The van der Waals surface area contributed by atoms with Gasteiger partial charge in [0.25, 0.3) is 0 Å². The molecule has 1 aliphatic rings. The maximum absolute atomic E-state index is 6.36. The Bertz CT molecular complexity index is 806. The molecule has 0 amide bonds. The van der Waals surface area contributed by atoms with Crippen LogP contribution in [0.3, 0.4) is 0 Å². The van der Waals surface area contributed by atoms with Crippen LogP contribution >= 0.6 is 11.6 Å². The van der Waals surface area contributed by atoms with E-state index in [4.69, 9.17) is 11.6 Å². The summed E-state index contributed by atoms with van der Waals surface area (Å²) in [5, 5.41) is 6.50. The number of benzene rings is 1. The van der Waals surface area contributed by atoms with Crippen LogP contribution in [0.2, 0.25) is 5.02 Å². The van der Waals surface area contributed by atoms with E-state index in [0.29, 0.717) is 5.92 Å². The highest BCUT2D eigenvalue weighted by molar-refractivity contribution is 6.35. The minimum absolute atomic E-state index is 0.534.